The number of halogens is 5. The van der Waals surface area contributed by atoms with E-state index in [9.17, 15) is 18.3 Å². The van der Waals surface area contributed by atoms with Crippen molar-refractivity contribution in [1.82, 2.24) is 0 Å². The van der Waals surface area contributed by atoms with Crippen LogP contribution in [0.15, 0.2) is 36.4 Å². The van der Waals surface area contributed by atoms with Crippen molar-refractivity contribution in [3.8, 4) is 5.75 Å². The van der Waals surface area contributed by atoms with Gasteiger partial charge in [0.25, 0.3) is 0 Å². The molecule has 0 aliphatic carbocycles. The summed E-state index contributed by atoms with van der Waals surface area (Å²) < 4.78 is 37.8. The van der Waals surface area contributed by atoms with Crippen LogP contribution in [0, 0.1) is 0 Å². The maximum Gasteiger partial charge on any atom is 0.416 e. The first kappa shape index (κ1) is 15.8. The van der Waals surface area contributed by atoms with Gasteiger partial charge >= 0.3 is 6.18 Å². The van der Waals surface area contributed by atoms with Gasteiger partial charge in [-0.05, 0) is 30.3 Å². The topological polar surface area (TPSA) is 32.3 Å². The van der Waals surface area contributed by atoms with Gasteiger partial charge in [-0.15, -0.1) is 0 Å². The third kappa shape index (κ3) is 3.95. The predicted octanol–water partition coefficient (Wildman–Crippen LogP) is 5.33. The summed E-state index contributed by atoms with van der Waals surface area (Å²) in [5.41, 5.74) is -0.0777. The van der Waals surface area contributed by atoms with Gasteiger partial charge in [-0.1, -0.05) is 29.3 Å². The molecule has 0 saturated heterocycles. The highest BCUT2D eigenvalue weighted by Crippen LogP contribution is 2.33. The molecule has 0 radical (unpaired) electrons. The number of alkyl halides is 3. The van der Waals surface area contributed by atoms with Crippen molar-refractivity contribution < 1.29 is 18.3 Å². The zero-order chi connectivity index (χ0) is 15.6. The van der Waals surface area contributed by atoms with E-state index in [0.29, 0.717) is 10.6 Å². The number of benzene rings is 2. The molecule has 112 valence electrons. The molecule has 21 heavy (non-hydrogen) atoms. The Morgan fingerprint density at radius 1 is 1.10 bits per heavy atom. The van der Waals surface area contributed by atoms with Crippen LogP contribution in [-0.2, 0) is 12.7 Å². The van der Waals surface area contributed by atoms with Crippen molar-refractivity contribution in [3.05, 3.63) is 57.6 Å². The molecule has 2 aromatic carbocycles. The van der Waals surface area contributed by atoms with Crippen LogP contribution in [0.5, 0.6) is 5.75 Å². The monoisotopic (exact) mass is 335 g/mol. The summed E-state index contributed by atoms with van der Waals surface area (Å²) in [5.74, 6) is -0.152. The van der Waals surface area contributed by atoms with Gasteiger partial charge in [0.1, 0.15) is 5.75 Å². The highest BCUT2D eigenvalue weighted by molar-refractivity contribution is 6.35. The summed E-state index contributed by atoms with van der Waals surface area (Å²) in [4.78, 5) is 0. The largest absolute Gasteiger partial charge is 0.506 e. The number of anilines is 1. The minimum Gasteiger partial charge on any atom is -0.506 e. The zero-order valence-corrected chi connectivity index (χ0v) is 12.0. The van der Waals surface area contributed by atoms with Crippen molar-refractivity contribution in [2.75, 3.05) is 5.32 Å². The van der Waals surface area contributed by atoms with E-state index in [2.05, 4.69) is 5.32 Å². The molecule has 0 bridgehead atoms. The Labute approximate surface area is 129 Å². The molecule has 7 heteroatoms. The third-order valence-electron chi connectivity index (χ3n) is 2.78. The van der Waals surface area contributed by atoms with Crippen LogP contribution in [-0.4, -0.2) is 5.11 Å². The Bertz CT molecular complexity index is 659. The second-order valence-corrected chi connectivity index (χ2v) is 5.17. The van der Waals surface area contributed by atoms with Crippen molar-refractivity contribution in [2.45, 2.75) is 12.7 Å². The summed E-state index contributed by atoms with van der Waals surface area (Å²) in [6.07, 6.45) is -4.40. The molecule has 0 unspecified atom stereocenters. The number of aromatic hydroxyl groups is 1. The molecule has 0 atom stereocenters. The van der Waals surface area contributed by atoms with Crippen molar-refractivity contribution >= 4 is 28.9 Å². The molecule has 0 spiro atoms. The minimum atomic E-state index is -4.40. The van der Waals surface area contributed by atoms with Gasteiger partial charge < -0.3 is 10.4 Å². The quantitative estimate of drug-likeness (QED) is 0.794. The normalized spacial score (nSPS) is 11.5. The molecule has 0 aliphatic rings. The Hall–Kier alpha value is -1.59. The van der Waals surface area contributed by atoms with Gasteiger partial charge in [0, 0.05) is 22.8 Å². The van der Waals surface area contributed by atoms with Crippen molar-refractivity contribution in [3.63, 3.8) is 0 Å². The third-order valence-corrected chi connectivity index (χ3v) is 3.29. The summed E-state index contributed by atoms with van der Waals surface area (Å²) in [5, 5.41) is 13.0. The fourth-order valence-electron chi connectivity index (χ4n) is 1.76. The molecule has 0 fully saturated rings. The lowest BCUT2D eigenvalue weighted by atomic mass is 10.1. The molecule has 0 aromatic heterocycles. The van der Waals surface area contributed by atoms with Gasteiger partial charge in [-0.3, -0.25) is 0 Å². The Morgan fingerprint density at radius 3 is 2.48 bits per heavy atom. The van der Waals surface area contributed by atoms with Crippen LogP contribution >= 0.6 is 23.2 Å². The van der Waals surface area contributed by atoms with Gasteiger partial charge in [-0.25, -0.2) is 0 Å². The molecule has 2 aromatic rings. The molecular weight excluding hydrogens is 326 g/mol. The number of phenols is 1. The average Bonchev–Trinajstić information content (AvgIpc) is 2.40. The first-order chi connectivity index (χ1) is 9.77. The number of phenolic OH excluding ortho intramolecular Hbond substituents is 1. The van der Waals surface area contributed by atoms with E-state index in [4.69, 9.17) is 23.2 Å². The lowest BCUT2D eigenvalue weighted by Gasteiger charge is -2.12. The smallest absolute Gasteiger partial charge is 0.416 e. The van der Waals surface area contributed by atoms with E-state index >= 15 is 0 Å². The van der Waals surface area contributed by atoms with E-state index in [1.54, 1.807) is 0 Å². The van der Waals surface area contributed by atoms with E-state index in [0.717, 1.165) is 12.1 Å². The van der Waals surface area contributed by atoms with Crippen LogP contribution in [0.25, 0.3) is 0 Å². The second-order valence-electron chi connectivity index (χ2n) is 4.33. The molecule has 0 amide bonds. The summed E-state index contributed by atoms with van der Waals surface area (Å²) in [6.45, 7) is 0.0907. The molecule has 0 saturated carbocycles. The van der Waals surface area contributed by atoms with Crippen LogP contribution in [0.2, 0.25) is 10.0 Å². The lowest BCUT2D eigenvalue weighted by Crippen LogP contribution is -2.06. The molecular formula is C14H10Cl2F3NO. The number of nitrogens with one attached hydrogen (secondary N) is 1. The lowest BCUT2D eigenvalue weighted by molar-refractivity contribution is -0.137. The molecule has 0 aliphatic heterocycles. The standard InChI is InChI=1S/C14H10Cl2F3NO/c15-10-4-8(13(21)12(16)6-10)7-20-11-3-1-2-9(5-11)14(17,18)19/h1-6,20-21H,7H2. The zero-order valence-electron chi connectivity index (χ0n) is 10.5. The van der Waals surface area contributed by atoms with Crippen LogP contribution in [0.4, 0.5) is 18.9 Å². The van der Waals surface area contributed by atoms with E-state index in [1.807, 2.05) is 0 Å². The van der Waals surface area contributed by atoms with Crippen LogP contribution in [0.1, 0.15) is 11.1 Å². The Balaban J connectivity index is 2.17. The molecule has 2 nitrogen and oxygen atoms in total. The first-order valence-electron chi connectivity index (χ1n) is 5.85. The molecule has 2 N–H and O–H groups in total. The fourth-order valence-corrected chi connectivity index (χ4v) is 2.29. The van der Waals surface area contributed by atoms with Gasteiger partial charge in [0.05, 0.1) is 10.6 Å². The van der Waals surface area contributed by atoms with E-state index in [-0.39, 0.29) is 23.0 Å². The van der Waals surface area contributed by atoms with Gasteiger partial charge in [0.15, 0.2) is 0 Å². The predicted molar refractivity (Wildman–Crippen MR) is 76.9 cm³/mol. The average molecular weight is 336 g/mol. The molecule has 0 heterocycles. The second kappa shape index (κ2) is 6.03. The highest BCUT2D eigenvalue weighted by atomic mass is 35.5. The van der Waals surface area contributed by atoms with E-state index in [1.165, 1.54) is 24.3 Å². The minimum absolute atomic E-state index is 0.0864. The Morgan fingerprint density at radius 2 is 1.81 bits per heavy atom. The number of hydrogen-bond donors (Lipinski definition) is 2. The Kier molecular flexibility index (Phi) is 4.54. The maximum absolute atomic E-state index is 12.6. The highest BCUT2D eigenvalue weighted by Gasteiger charge is 2.30. The fraction of sp³-hybridized carbons (Fsp3) is 0.143. The SMILES string of the molecule is Oc1c(Cl)cc(Cl)cc1CNc1cccc(C(F)(F)F)c1. The van der Waals surface area contributed by atoms with Crippen LogP contribution < -0.4 is 5.32 Å². The summed E-state index contributed by atoms with van der Waals surface area (Å²) >= 11 is 11.6. The maximum atomic E-state index is 12.6. The molecule has 2 rings (SSSR count). The van der Waals surface area contributed by atoms with E-state index < -0.39 is 11.7 Å². The van der Waals surface area contributed by atoms with Crippen LogP contribution in [0.3, 0.4) is 0 Å². The van der Waals surface area contributed by atoms with Gasteiger partial charge in [-0.2, -0.15) is 13.2 Å². The summed E-state index contributed by atoms with van der Waals surface area (Å²) in [7, 11) is 0. The number of rotatable bonds is 3. The van der Waals surface area contributed by atoms with Gasteiger partial charge in [0.2, 0.25) is 0 Å². The number of hydrogen-bond acceptors (Lipinski definition) is 2. The first-order valence-corrected chi connectivity index (χ1v) is 6.61. The van der Waals surface area contributed by atoms with Crippen molar-refractivity contribution in [1.29, 1.82) is 0 Å². The van der Waals surface area contributed by atoms with Crippen molar-refractivity contribution in [2.24, 2.45) is 0 Å². The summed E-state index contributed by atoms with van der Waals surface area (Å²) in [6, 6.07) is 7.64.